The number of urea groups is 1. The Morgan fingerprint density at radius 1 is 1.33 bits per heavy atom. The summed E-state index contributed by atoms with van der Waals surface area (Å²) in [5, 5.41) is 4.75. The van der Waals surface area contributed by atoms with Crippen molar-refractivity contribution in [2.75, 3.05) is 32.0 Å². The summed E-state index contributed by atoms with van der Waals surface area (Å²) in [6.45, 7) is 2.06. The summed E-state index contributed by atoms with van der Waals surface area (Å²) in [6.07, 6.45) is 9.26. The lowest BCUT2D eigenvalue weighted by Crippen LogP contribution is -2.37. The molecule has 3 heterocycles. The van der Waals surface area contributed by atoms with Gasteiger partial charge in [0.05, 0.1) is 24.5 Å². The monoisotopic (exact) mass is 495 g/mol. The van der Waals surface area contributed by atoms with Gasteiger partial charge < -0.3 is 21.3 Å². The van der Waals surface area contributed by atoms with E-state index in [1.165, 1.54) is 0 Å². The zero-order chi connectivity index (χ0) is 25.7. The van der Waals surface area contributed by atoms with Crippen molar-refractivity contribution < 1.29 is 13.6 Å². The fraction of sp³-hybridized carbons (Fsp3) is 0.346. The van der Waals surface area contributed by atoms with Crippen molar-refractivity contribution in [2.24, 2.45) is 10.7 Å². The quantitative estimate of drug-likeness (QED) is 0.427. The molecule has 1 saturated heterocycles. The molecule has 1 atom stereocenters. The van der Waals surface area contributed by atoms with Crippen molar-refractivity contribution in [1.82, 2.24) is 19.6 Å². The number of benzene rings is 1. The van der Waals surface area contributed by atoms with Gasteiger partial charge in [0.25, 0.3) is 5.92 Å². The maximum atomic E-state index is 13.0. The van der Waals surface area contributed by atoms with Crippen LogP contribution in [0.4, 0.5) is 19.3 Å². The number of carbonyl (C=O) groups excluding carboxylic acids is 1. The van der Waals surface area contributed by atoms with Crippen LogP contribution in [0.15, 0.2) is 60.0 Å². The second-order valence-corrected chi connectivity index (χ2v) is 9.20. The van der Waals surface area contributed by atoms with Gasteiger partial charge in [0.1, 0.15) is 5.65 Å². The smallest absolute Gasteiger partial charge is 0.319 e. The van der Waals surface area contributed by atoms with Gasteiger partial charge in [-0.2, -0.15) is 0 Å². The number of likely N-dealkylation sites (tertiary alicyclic amines) is 1. The number of fused-ring (bicyclic) bond motifs is 1. The highest BCUT2D eigenvalue weighted by Gasteiger charge is 2.21. The second kappa shape index (κ2) is 10.9. The Hall–Kier alpha value is -3.79. The number of likely N-dealkylation sites (N-methyl/N-ethyl adjacent to an activating group) is 1. The van der Waals surface area contributed by atoms with Crippen molar-refractivity contribution in [3.05, 3.63) is 60.6 Å². The Kier molecular flexibility index (Phi) is 7.64. The van der Waals surface area contributed by atoms with Gasteiger partial charge >= 0.3 is 6.03 Å². The number of nitrogens with two attached hydrogens (primary N) is 1. The first kappa shape index (κ1) is 25.3. The number of rotatable bonds is 7. The predicted octanol–water partition coefficient (Wildman–Crippen LogP) is 4.24. The number of piperidine rings is 1. The number of pyridine rings is 1. The number of nitrogens with zero attached hydrogens (tertiary/aromatic N) is 4. The number of nitrogens with one attached hydrogen (secondary N) is 2. The van der Waals surface area contributed by atoms with E-state index in [0.29, 0.717) is 5.69 Å². The van der Waals surface area contributed by atoms with E-state index in [4.69, 9.17) is 10.7 Å². The standard InChI is InChI=1S/C26H31F2N7O/c1-26(27,28)17-32-25(36)33-21-6-3-5-19(11-21)23-15-31-24-12-18(8-10-35(23)24)20(13-29)14-30-22-7-4-9-34(2)16-22/h3,5-6,8,10-15,22H,4,7,9,16-17,29H2,1-2H3,(H2,32,33,36). The molecule has 1 aliphatic heterocycles. The van der Waals surface area contributed by atoms with Crippen LogP contribution in [0, 0.1) is 0 Å². The van der Waals surface area contributed by atoms with Crippen LogP contribution in [0.25, 0.3) is 22.5 Å². The lowest BCUT2D eigenvalue weighted by molar-refractivity contribution is 0.0257. The predicted molar refractivity (Wildman–Crippen MR) is 139 cm³/mol. The molecule has 2 aromatic heterocycles. The summed E-state index contributed by atoms with van der Waals surface area (Å²) in [4.78, 5) is 23.5. The van der Waals surface area contributed by atoms with Crippen molar-refractivity contribution in [2.45, 2.75) is 31.7 Å². The molecule has 4 N–H and O–H groups in total. The summed E-state index contributed by atoms with van der Waals surface area (Å²) in [5.74, 6) is -2.98. The van der Waals surface area contributed by atoms with Crippen LogP contribution in [-0.4, -0.2) is 65.2 Å². The Morgan fingerprint density at radius 2 is 2.17 bits per heavy atom. The van der Waals surface area contributed by atoms with E-state index >= 15 is 0 Å². The average Bonchev–Trinajstić information content (AvgIpc) is 3.26. The van der Waals surface area contributed by atoms with E-state index in [9.17, 15) is 13.6 Å². The second-order valence-electron chi connectivity index (χ2n) is 9.20. The zero-order valence-corrected chi connectivity index (χ0v) is 20.4. The maximum Gasteiger partial charge on any atom is 0.319 e. The number of carbonyl (C=O) groups is 1. The fourth-order valence-corrected chi connectivity index (χ4v) is 4.20. The van der Waals surface area contributed by atoms with Crippen LogP contribution in [0.3, 0.4) is 0 Å². The number of anilines is 1. The zero-order valence-electron chi connectivity index (χ0n) is 20.4. The molecule has 10 heteroatoms. The number of alkyl halides is 2. The number of hydrogen-bond acceptors (Lipinski definition) is 5. The van der Waals surface area contributed by atoms with Gasteiger partial charge in [-0.05, 0) is 56.3 Å². The number of halogens is 2. The highest BCUT2D eigenvalue weighted by atomic mass is 19.3. The first-order valence-corrected chi connectivity index (χ1v) is 11.9. The normalized spacial score (nSPS) is 17.6. The topological polar surface area (TPSA) is 100 Å². The first-order valence-electron chi connectivity index (χ1n) is 11.9. The minimum absolute atomic E-state index is 0.266. The molecule has 0 bridgehead atoms. The molecular formula is C26H31F2N7O. The fourth-order valence-electron chi connectivity index (χ4n) is 4.20. The third kappa shape index (κ3) is 6.45. The van der Waals surface area contributed by atoms with E-state index in [1.54, 1.807) is 30.6 Å². The first-order chi connectivity index (χ1) is 17.2. The van der Waals surface area contributed by atoms with Crippen molar-refractivity contribution in [3.63, 3.8) is 0 Å². The molecule has 0 spiro atoms. The molecule has 0 saturated carbocycles. The summed E-state index contributed by atoms with van der Waals surface area (Å²) in [5.41, 5.74) is 10.5. The van der Waals surface area contributed by atoms with E-state index in [2.05, 4.69) is 27.6 Å². The highest BCUT2D eigenvalue weighted by Crippen LogP contribution is 2.25. The van der Waals surface area contributed by atoms with E-state index in [-0.39, 0.29) is 6.04 Å². The van der Waals surface area contributed by atoms with Crippen LogP contribution < -0.4 is 16.4 Å². The SMILES string of the molecule is CN1CCCC(N=CC(=CN)c2ccn3c(-c4cccc(NC(=O)NCC(C)(F)F)c4)cnc3c2)C1. The number of allylic oxidation sites excluding steroid dienone is 1. The number of aromatic nitrogens is 2. The molecule has 190 valence electrons. The third-order valence-electron chi connectivity index (χ3n) is 6.03. The van der Waals surface area contributed by atoms with Gasteiger partial charge in [-0.1, -0.05) is 12.1 Å². The lowest BCUT2D eigenvalue weighted by atomic mass is 10.1. The van der Waals surface area contributed by atoms with Crippen LogP contribution >= 0.6 is 0 Å². The Labute approximate surface area is 208 Å². The van der Waals surface area contributed by atoms with Gasteiger partial charge in [0.15, 0.2) is 0 Å². The van der Waals surface area contributed by atoms with E-state index in [1.807, 2.05) is 35.0 Å². The average molecular weight is 496 g/mol. The largest absolute Gasteiger partial charge is 0.404 e. The Balaban J connectivity index is 1.50. The molecule has 2 amide bonds. The number of aliphatic imine (C=N–C) groups is 1. The minimum atomic E-state index is -2.98. The molecule has 1 aliphatic rings. The maximum absolute atomic E-state index is 13.0. The van der Waals surface area contributed by atoms with Gasteiger partial charge in [0.2, 0.25) is 0 Å². The molecule has 36 heavy (non-hydrogen) atoms. The van der Waals surface area contributed by atoms with Crippen molar-refractivity contribution in [3.8, 4) is 11.3 Å². The van der Waals surface area contributed by atoms with Gasteiger partial charge in [-0.3, -0.25) is 9.39 Å². The number of amides is 2. The molecule has 4 rings (SSSR count). The lowest BCUT2D eigenvalue weighted by Gasteiger charge is -2.27. The van der Waals surface area contributed by atoms with Gasteiger partial charge in [-0.25, -0.2) is 18.6 Å². The van der Waals surface area contributed by atoms with E-state index in [0.717, 1.165) is 60.9 Å². The summed E-state index contributed by atoms with van der Waals surface area (Å²) >= 11 is 0. The summed E-state index contributed by atoms with van der Waals surface area (Å²) in [7, 11) is 2.11. The number of hydrogen-bond donors (Lipinski definition) is 3. The van der Waals surface area contributed by atoms with Crippen LogP contribution in [0.2, 0.25) is 0 Å². The molecule has 0 radical (unpaired) electrons. The summed E-state index contributed by atoms with van der Waals surface area (Å²) in [6, 6.07) is 10.6. The molecule has 1 aromatic carbocycles. The van der Waals surface area contributed by atoms with Crippen molar-refractivity contribution >= 4 is 29.2 Å². The molecular weight excluding hydrogens is 464 g/mol. The molecule has 8 nitrogen and oxygen atoms in total. The van der Waals surface area contributed by atoms with Gasteiger partial charge in [0, 0.05) is 48.9 Å². The Morgan fingerprint density at radius 3 is 2.92 bits per heavy atom. The van der Waals surface area contributed by atoms with Gasteiger partial charge in [-0.15, -0.1) is 0 Å². The number of imidazole rings is 1. The Bertz CT molecular complexity index is 1280. The molecule has 1 fully saturated rings. The van der Waals surface area contributed by atoms with E-state index < -0.39 is 18.5 Å². The molecule has 0 aliphatic carbocycles. The van der Waals surface area contributed by atoms with Crippen molar-refractivity contribution in [1.29, 1.82) is 0 Å². The van der Waals surface area contributed by atoms with Crippen LogP contribution in [-0.2, 0) is 0 Å². The van der Waals surface area contributed by atoms with Crippen LogP contribution in [0.5, 0.6) is 0 Å². The molecule has 3 aromatic rings. The summed E-state index contributed by atoms with van der Waals surface area (Å²) < 4.78 is 27.9. The highest BCUT2D eigenvalue weighted by molar-refractivity contribution is 6.10. The van der Waals surface area contributed by atoms with Crippen LogP contribution in [0.1, 0.15) is 25.3 Å². The molecule has 1 unspecified atom stereocenters. The third-order valence-corrected chi connectivity index (χ3v) is 6.03. The minimum Gasteiger partial charge on any atom is -0.404 e.